The number of carboxylic acid groups (broad SMARTS) is 1. The van der Waals surface area contributed by atoms with Gasteiger partial charge in [0.1, 0.15) is 12.4 Å². The normalized spacial score (nSPS) is 15.8. The Hall–Kier alpha value is -2.59. The third-order valence-electron chi connectivity index (χ3n) is 4.94. The van der Waals surface area contributed by atoms with E-state index < -0.39 is 5.97 Å². The van der Waals surface area contributed by atoms with Gasteiger partial charge in [0.15, 0.2) is 5.17 Å². The largest absolute Gasteiger partial charge is 0.487 e. The van der Waals surface area contributed by atoms with Gasteiger partial charge in [0.2, 0.25) is 0 Å². The number of rotatable bonds is 6. The predicted molar refractivity (Wildman–Crippen MR) is 146 cm³/mol. The number of carbonyl (C=O) groups is 2. The molecule has 178 valence electrons. The molecule has 0 unspecified atom stereocenters. The molecule has 35 heavy (non-hydrogen) atoms. The highest BCUT2D eigenvalue weighted by Gasteiger charge is 2.30. The van der Waals surface area contributed by atoms with Crippen LogP contribution in [0.1, 0.15) is 21.5 Å². The molecule has 0 spiro atoms. The summed E-state index contributed by atoms with van der Waals surface area (Å²) in [6.07, 6.45) is 1.78. The van der Waals surface area contributed by atoms with E-state index in [-0.39, 0.29) is 11.5 Å². The van der Waals surface area contributed by atoms with Gasteiger partial charge < -0.3 is 9.84 Å². The number of aromatic carboxylic acids is 1. The van der Waals surface area contributed by atoms with E-state index >= 15 is 0 Å². The van der Waals surface area contributed by atoms with Crippen molar-refractivity contribution in [1.29, 1.82) is 0 Å². The molecule has 0 aromatic heterocycles. The summed E-state index contributed by atoms with van der Waals surface area (Å²) in [5, 5.41) is 10.3. The van der Waals surface area contributed by atoms with Gasteiger partial charge in [-0.2, -0.15) is 0 Å². The third kappa shape index (κ3) is 6.16. The highest BCUT2D eigenvalue weighted by Crippen LogP contribution is 2.38. The first-order valence-corrected chi connectivity index (χ1v) is 13.0. The summed E-state index contributed by atoms with van der Waals surface area (Å²) in [5.41, 5.74) is 2.37. The Morgan fingerprint density at radius 1 is 1.14 bits per heavy atom. The average Bonchev–Trinajstić information content (AvgIpc) is 3.07. The predicted octanol–water partition coefficient (Wildman–Crippen LogP) is 7.38. The number of benzene rings is 3. The zero-order valence-electron chi connectivity index (χ0n) is 18.2. The standard InChI is InChI=1S/C25H17Br2ClN2O4S/c1-30-23(31)21(35-25(30)29-18-4-2-3-16(12-18)24(32)33)11-15-9-19(26)22(20(27)10-15)34-13-14-5-7-17(28)8-6-14/h2-12H,13H2,1H3,(H,32,33)/b21-11-,29-25?. The summed E-state index contributed by atoms with van der Waals surface area (Å²) in [5.74, 6) is -0.587. The molecule has 1 heterocycles. The zero-order valence-corrected chi connectivity index (χ0v) is 22.9. The number of hydrogen-bond acceptors (Lipinski definition) is 5. The van der Waals surface area contributed by atoms with Crippen molar-refractivity contribution in [2.75, 3.05) is 7.05 Å². The van der Waals surface area contributed by atoms with Crippen LogP contribution in [0, 0.1) is 0 Å². The molecule has 1 fully saturated rings. The van der Waals surface area contributed by atoms with Crippen LogP contribution in [0.3, 0.4) is 0 Å². The Morgan fingerprint density at radius 3 is 2.49 bits per heavy atom. The number of nitrogens with zero attached hydrogens (tertiary/aromatic N) is 2. The molecule has 0 aliphatic carbocycles. The zero-order chi connectivity index (χ0) is 25.1. The highest BCUT2D eigenvalue weighted by molar-refractivity contribution is 9.11. The van der Waals surface area contributed by atoms with Crippen LogP contribution in [0.5, 0.6) is 5.75 Å². The van der Waals surface area contributed by atoms with E-state index in [9.17, 15) is 14.7 Å². The number of carboxylic acids is 1. The van der Waals surface area contributed by atoms with Crippen LogP contribution in [-0.4, -0.2) is 34.1 Å². The first kappa shape index (κ1) is 25.5. The minimum atomic E-state index is -1.03. The summed E-state index contributed by atoms with van der Waals surface area (Å²) in [7, 11) is 1.63. The van der Waals surface area contributed by atoms with Crippen molar-refractivity contribution >= 4 is 84.0 Å². The van der Waals surface area contributed by atoms with Crippen molar-refractivity contribution in [1.82, 2.24) is 4.90 Å². The Labute approximate surface area is 227 Å². The maximum absolute atomic E-state index is 12.8. The Kier molecular flexibility index (Phi) is 8.01. The molecule has 1 N–H and O–H groups in total. The molecular formula is C25H17Br2ClN2O4S. The Balaban J connectivity index is 1.54. The van der Waals surface area contributed by atoms with E-state index in [1.807, 2.05) is 36.4 Å². The number of amides is 1. The van der Waals surface area contributed by atoms with Crippen LogP contribution in [0.25, 0.3) is 6.08 Å². The van der Waals surface area contributed by atoms with Gasteiger partial charge >= 0.3 is 5.97 Å². The molecule has 3 aromatic carbocycles. The number of thioether (sulfide) groups is 1. The molecule has 1 aliphatic heterocycles. The number of hydrogen-bond donors (Lipinski definition) is 1. The lowest BCUT2D eigenvalue weighted by molar-refractivity contribution is -0.121. The number of halogens is 3. The fourth-order valence-electron chi connectivity index (χ4n) is 3.16. The smallest absolute Gasteiger partial charge is 0.335 e. The second-order valence-corrected chi connectivity index (χ2v) is 10.6. The van der Waals surface area contributed by atoms with Gasteiger partial charge in [-0.15, -0.1) is 0 Å². The van der Waals surface area contributed by atoms with Gasteiger partial charge in [0.05, 0.1) is 25.1 Å². The van der Waals surface area contributed by atoms with E-state index in [2.05, 4.69) is 36.9 Å². The second kappa shape index (κ2) is 11.0. The molecule has 10 heteroatoms. The van der Waals surface area contributed by atoms with Gasteiger partial charge in [-0.1, -0.05) is 29.8 Å². The SMILES string of the molecule is CN1C(=O)/C(=C/c2cc(Br)c(OCc3ccc(Cl)cc3)c(Br)c2)SC1=Nc1cccc(C(=O)O)c1. The maximum Gasteiger partial charge on any atom is 0.335 e. The van der Waals surface area contributed by atoms with Crippen molar-refractivity contribution in [2.24, 2.45) is 4.99 Å². The summed E-state index contributed by atoms with van der Waals surface area (Å²) >= 11 is 14.3. The van der Waals surface area contributed by atoms with Crippen molar-refractivity contribution in [3.8, 4) is 5.75 Å². The molecule has 0 saturated carbocycles. The van der Waals surface area contributed by atoms with E-state index in [1.54, 1.807) is 25.3 Å². The van der Waals surface area contributed by atoms with Crippen LogP contribution in [0.15, 0.2) is 79.5 Å². The fraction of sp³-hybridized carbons (Fsp3) is 0.0800. The molecule has 0 radical (unpaired) electrons. The van der Waals surface area contributed by atoms with E-state index in [4.69, 9.17) is 16.3 Å². The second-order valence-electron chi connectivity index (χ2n) is 7.45. The molecule has 1 amide bonds. The van der Waals surface area contributed by atoms with Gasteiger partial charge in [0, 0.05) is 12.1 Å². The summed E-state index contributed by atoms with van der Waals surface area (Å²) in [6, 6.07) is 17.4. The lowest BCUT2D eigenvalue weighted by Gasteiger charge is -2.12. The summed E-state index contributed by atoms with van der Waals surface area (Å²) < 4.78 is 7.43. The number of amidine groups is 1. The topological polar surface area (TPSA) is 79.2 Å². The third-order valence-corrected chi connectivity index (χ3v) is 7.43. The lowest BCUT2D eigenvalue weighted by atomic mass is 10.2. The molecule has 6 nitrogen and oxygen atoms in total. The summed E-state index contributed by atoms with van der Waals surface area (Å²) in [6.45, 7) is 0.372. The van der Waals surface area contributed by atoms with Gasteiger partial charge in [-0.05, 0) is 103 Å². The molecule has 0 atom stereocenters. The highest BCUT2D eigenvalue weighted by atomic mass is 79.9. The van der Waals surface area contributed by atoms with Crippen LogP contribution < -0.4 is 4.74 Å². The molecule has 0 bridgehead atoms. The average molecular weight is 637 g/mol. The number of aliphatic imine (C=N–C) groups is 1. The molecule has 3 aromatic rings. The fourth-order valence-corrected chi connectivity index (χ4v) is 5.72. The minimum absolute atomic E-state index is 0.132. The number of ether oxygens (including phenoxy) is 1. The van der Waals surface area contributed by atoms with E-state index in [0.29, 0.717) is 33.1 Å². The van der Waals surface area contributed by atoms with Crippen molar-refractivity contribution in [2.45, 2.75) is 6.61 Å². The van der Waals surface area contributed by atoms with Crippen LogP contribution in [0.4, 0.5) is 5.69 Å². The quantitative estimate of drug-likeness (QED) is 0.286. The molecule has 1 saturated heterocycles. The molecule has 4 rings (SSSR count). The first-order chi connectivity index (χ1) is 16.7. The number of carbonyl (C=O) groups excluding carboxylic acids is 1. The lowest BCUT2D eigenvalue weighted by Crippen LogP contribution is -2.23. The van der Waals surface area contributed by atoms with Crippen LogP contribution in [-0.2, 0) is 11.4 Å². The van der Waals surface area contributed by atoms with Crippen molar-refractivity contribution in [3.63, 3.8) is 0 Å². The Morgan fingerprint density at radius 2 is 1.83 bits per heavy atom. The van der Waals surface area contributed by atoms with Crippen LogP contribution in [0.2, 0.25) is 5.02 Å². The van der Waals surface area contributed by atoms with E-state index in [1.165, 1.54) is 28.8 Å². The number of likely N-dealkylation sites (N-methyl/N-ethyl adjacent to an activating group) is 1. The van der Waals surface area contributed by atoms with Crippen LogP contribution >= 0.6 is 55.2 Å². The first-order valence-electron chi connectivity index (χ1n) is 10.2. The maximum atomic E-state index is 12.8. The van der Waals surface area contributed by atoms with Crippen molar-refractivity contribution < 1.29 is 19.4 Å². The van der Waals surface area contributed by atoms with Gasteiger partial charge in [0.25, 0.3) is 5.91 Å². The minimum Gasteiger partial charge on any atom is -0.487 e. The van der Waals surface area contributed by atoms with Gasteiger partial charge in [-0.3, -0.25) is 9.69 Å². The van der Waals surface area contributed by atoms with Crippen molar-refractivity contribution in [3.05, 3.63) is 96.2 Å². The van der Waals surface area contributed by atoms with E-state index in [0.717, 1.165) is 20.1 Å². The monoisotopic (exact) mass is 634 g/mol. The Bertz CT molecular complexity index is 1350. The molecule has 1 aliphatic rings. The summed E-state index contributed by atoms with van der Waals surface area (Å²) in [4.78, 5) is 30.4. The van der Waals surface area contributed by atoms with Gasteiger partial charge in [-0.25, -0.2) is 9.79 Å². The molecular weight excluding hydrogens is 620 g/mol.